The van der Waals surface area contributed by atoms with E-state index in [2.05, 4.69) is 0 Å². The molecule has 1 heterocycles. The fourth-order valence-electron chi connectivity index (χ4n) is 2.08. The average Bonchev–Trinajstić information content (AvgIpc) is 2.79. The van der Waals surface area contributed by atoms with E-state index in [1.165, 1.54) is 12.0 Å². The second kappa shape index (κ2) is 7.20. The van der Waals surface area contributed by atoms with E-state index in [0.29, 0.717) is 22.0 Å². The van der Waals surface area contributed by atoms with Gasteiger partial charge >= 0.3 is 0 Å². The SMILES string of the molecule is COc1cc(/C=C2/SC(=O)N(C(C)C)C2=O)ccc1OCC#N. The molecule has 0 aliphatic carbocycles. The highest BCUT2D eigenvalue weighted by Crippen LogP contribution is 2.35. The van der Waals surface area contributed by atoms with Crippen molar-refractivity contribution in [1.29, 1.82) is 5.26 Å². The van der Waals surface area contributed by atoms with Crippen LogP contribution in [0.4, 0.5) is 4.79 Å². The van der Waals surface area contributed by atoms with Crippen molar-refractivity contribution in [2.24, 2.45) is 0 Å². The summed E-state index contributed by atoms with van der Waals surface area (Å²) in [6.07, 6.45) is 1.64. The Kier molecular flexibility index (Phi) is 5.29. The lowest BCUT2D eigenvalue weighted by Crippen LogP contribution is -2.34. The Morgan fingerprint density at radius 1 is 1.35 bits per heavy atom. The van der Waals surface area contributed by atoms with E-state index in [9.17, 15) is 9.59 Å². The highest BCUT2D eigenvalue weighted by atomic mass is 32.2. The first-order valence-electron chi connectivity index (χ1n) is 6.92. The summed E-state index contributed by atoms with van der Waals surface area (Å²) in [7, 11) is 1.49. The van der Waals surface area contributed by atoms with Crippen molar-refractivity contribution in [2.45, 2.75) is 19.9 Å². The molecule has 0 bridgehead atoms. The van der Waals surface area contributed by atoms with Crippen LogP contribution in [0.15, 0.2) is 23.1 Å². The fourth-order valence-corrected chi connectivity index (χ4v) is 3.04. The smallest absolute Gasteiger partial charge is 0.293 e. The summed E-state index contributed by atoms with van der Waals surface area (Å²) in [5.74, 6) is 0.609. The number of hydrogen-bond acceptors (Lipinski definition) is 6. The topological polar surface area (TPSA) is 79.6 Å². The molecule has 0 radical (unpaired) electrons. The Morgan fingerprint density at radius 2 is 2.09 bits per heavy atom. The lowest BCUT2D eigenvalue weighted by atomic mass is 10.2. The number of benzene rings is 1. The Balaban J connectivity index is 2.28. The number of nitrogens with zero attached hydrogens (tertiary/aromatic N) is 2. The van der Waals surface area contributed by atoms with Gasteiger partial charge in [0.25, 0.3) is 11.1 Å². The highest BCUT2D eigenvalue weighted by Gasteiger charge is 2.36. The van der Waals surface area contributed by atoms with Crippen LogP contribution in [-0.4, -0.2) is 35.8 Å². The molecule has 1 saturated heterocycles. The van der Waals surface area contributed by atoms with E-state index < -0.39 is 0 Å². The molecule has 0 saturated carbocycles. The molecule has 1 aliphatic rings. The Hall–Kier alpha value is -2.46. The summed E-state index contributed by atoms with van der Waals surface area (Å²) >= 11 is 0.920. The van der Waals surface area contributed by atoms with Crippen LogP contribution in [0.2, 0.25) is 0 Å². The zero-order valence-corrected chi connectivity index (χ0v) is 13.8. The first-order valence-corrected chi connectivity index (χ1v) is 7.74. The summed E-state index contributed by atoms with van der Waals surface area (Å²) in [6, 6.07) is 6.80. The summed E-state index contributed by atoms with van der Waals surface area (Å²) in [6.45, 7) is 3.51. The van der Waals surface area contributed by atoms with E-state index in [1.54, 1.807) is 38.1 Å². The monoisotopic (exact) mass is 332 g/mol. The molecule has 0 spiro atoms. The first kappa shape index (κ1) is 16.9. The molecule has 23 heavy (non-hydrogen) atoms. The molecule has 0 atom stereocenters. The van der Waals surface area contributed by atoms with Crippen LogP contribution in [0, 0.1) is 11.3 Å². The van der Waals surface area contributed by atoms with E-state index >= 15 is 0 Å². The van der Waals surface area contributed by atoms with Gasteiger partial charge in [-0.2, -0.15) is 5.26 Å². The number of methoxy groups -OCH3 is 1. The number of amides is 2. The molecule has 1 fully saturated rings. The number of rotatable bonds is 5. The van der Waals surface area contributed by atoms with Gasteiger partial charge in [0.15, 0.2) is 18.1 Å². The van der Waals surface area contributed by atoms with E-state index in [-0.39, 0.29) is 23.8 Å². The lowest BCUT2D eigenvalue weighted by Gasteiger charge is -2.16. The second-order valence-corrected chi connectivity index (χ2v) is 6.00. The lowest BCUT2D eigenvalue weighted by molar-refractivity contribution is -0.123. The highest BCUT2D eigenvalue weighted by molar-refractivity contribution is 8.18. The number of thioether (sulfide) groups is 1. The Labute approximate surface area is 138 Å². The quantitative estimate of drug-likeness (QED) is 0.771. The third-order valence-corrected chi connectivity index (χ3v) is 4.00. The first-order chi connectivity index (χ1) is 11.0. The molecule has 2 rings (SSSR count). The van der Waals surface area contributed by atoms with Gasteiger partial charge in [-0.25, -0.2) is 0 Å². The predicted octanol–water partition coefficient (Wildman–Crippen LogP) is 3.04. The molecular formula is C16H16N2O4S. The van der Waals surface area contributed by atoms with Crippen molar-refractivity contribution in [3.05, 3.63) is 28.7 Å². The van der Waals surface area contributed by atoms with Gasteiger partial charge in [-0.1, -0.05) is 6.07 Å². The van der Waals surface area contributed by atoms with Gasteiger partial charge in [0.1, 0.15) is 6.07 Å². The molecule has 0 N–H and O–H groups in total. The summed E-state index contributed by atoms with van der Waals surface area (Å²) in [5, 5.41) is 8.29. The number of nitriles is 1. The summed E-state index contributed by atoms with van der Waals surface area (Å²) in [4.78, 5) is 25.7. The van der Waals surface area contributed by atoms with Gasteiger partial charge in [0, 0.05) is 6.04 Å². The third-order valence-electron chi connectivity index (χ3n) is 3.12. The van der Waals surface area contributed by atoms with Crippen LogP contribution in [0.1, 0.15) is 19.4 Å². The molecule has 0 unspecified atom stereocenters. The third kappa shape index (κ3) is 3.66. The zero-order chi connectivity index (χ0) is 17.0. The minimum Gasteiger partial charge on any atom is -0.493 e. The molecular weight excluding hydrogens is 316 g/mol. The number of ether oxygens (including phenoxy) is 2. The van der Waals surface area contributed by atoms with Crippen LogP contribution in [0.5, 0.6) is 11.5 Å². The molecule has 1 aromatic rings. The maximum absolute atomic E-state index is 12.2. The molecule has 1 aliphatic heterocycles. The van der Waals surface area contributed by atoms with E-state index in [0.717, 1.165) is 11.8 Å². The van der Waals surface area contributed by atoms with Gasteiger partial charge in [0.2, 0.25) is 0 Å². The van der Waals surface area contributed by atoms with Gasteiger partial charge in [0.05, 0.1) is 12.0 Å². The largest absolute Gasteiger partial charge is 0.493 e. The molecule has 120 valence electrons. The maximum Gasteiger partial charge on any atom is 0.293 e. The Bertz CT molecular complexity index is 707. The normalized spacial score (nSPS) is 16.1. The van der Waals surface area contributed by atoms with Crippen LogP contribution in [0.25, 0.3) is 6.08 Å². The van der Waals surface area contributed by atoms with Crippen molar-refractivity contribution in [1.82, 2.24) is 4.90 Å². The van der Waals surface area contributed by atoms with E-state index in [4.69, 9.17) is 14.7 Å². The number of carbonyl (C=O) groups excluding carboxylic acids is 2. The zero-order valence-electron chi connectivity index (χ0n) is 13.0. The molecule has 2 amide bonds. The number of hydrogen-bond donors (Lipinski definition) is 0. The summed E-state index contributed by atoms with van der Waals surface area (Å²) < 4.78 is 10.5. The van der Waals surface area contributed by atoms with Gasteiger partial charge in [-0.3, -0.25) is 14.5 Å². The van der Waals surface area contributed by atoms with Crippen molar-refractivity contribution in [2.75, 3.05) is 13.7 Å². The van der Waals surface area contributed by atoms with Gasteiger partial charge in [-0.05, 0) is 49.4 Å². The summed E-state index contributed by atoms with van der Waals surface area (Å²) in [5.41, 5.74) is 0.709. The molecule has 6 nitrogen and oxygen atoms in total. The van der Waals surface area contributed by atoms with Crippen molar-refractivity contribution >= 4 is 29.0 Å². The Morgan fingerprint density at radius 3 is 2.65 bits per heavy atom. The van der Waals surface area contributed by atoms with Crippen LogP contribution in [0.3, 0.4) is 0 Å². The van der Waals surface area contributed by atoms with Crippen LogP contribution < -0.4 is 9.47 Å². The van der Waals surface area contributed by atoms with E-state index in [1.807, 2.05) is 6.07 Å². The van der Waals surface area contributed by atoms with Gasteiger partial charge < -0.3 is 9.47 Å². The number of carbonyl (C=O) groups is 2. The standard InChI is InChI=1S/C16H16N2O4S/c1-10(2)18-15(19)14(23-16(18)20)9-11-4-5-12(22-7-6-17)13(8-11)21-3/h4-5,8-10H,7H2,1-3H3/b14-9+. The van der Waals surface area contributed by atoms with Gasteiger partial charge in [-0.15, -0.1) is 0 Å². The maximum atomic E-state index is 12.2. The van der Waals surface area contributed by atoms with Crippen molar-refractivity contribution in [3.8, 4) is 17.6 Å². The van der Waals surface area contributed by atoms with Crippen LogP contribution in [-0.2, 0) is 4.79 Å². The minimum atomic E-state index is -0.293. The fraction of sp³-hybridized carbons (Fsp3) is 0.312. The molecule has 1 aromatic carbocycles. The predicted molar refractivity (Wildman–Crippen MR) is 87.0 cm³/mol. The van der Waals surface area contributed by atoms with Crippen molar-refractivity contribution < 1.29 is 19.1 Å². The second-order valence-electron chi connectivity index (χ2n) is 5.00. The molecule has 7 heteroatoms. The average molecular weight is 332 g/mol. The van der Waals surface area contributed by atoms with Crippen LogP contribution >= 0.6 is 11.8 Å². The minimum absolute atomic E-state index is 0.0804. The number of imide groups is 1. The van der Waals surface area contributed by atoms with Crippen molar-refractivity contribution in [3.63, 3.8) is 0 Å². The molecule has 0 aromatic heterocycles.